The lowest BCUT2D eigenvalue weighted by atomic mass is 9.74. The van der Waals surface area contributed by atoms with E-state index in [1.807, 2.05) is 6.92 Å². The number of hydrogen-bond acceptors (Lipinski definition) is 11. The van der Waals surface area contributed by atoms with E-state index in [1.54, 1.807) is 12.1 Å². The summed E-state index contributed by atoms with van der Waals surface area (Å²) < 4.78 is 17.6. The summed E-state index contributed by atoms with van der Waals surface area (Å²) >= 11 is 2.21. The molecule has 1 heterocycles. The van der Waals surface area contributed by atoms with Crippen LogP contribution in [0.3, 0.4) is 0 Å². The lowest BCUT2D eigenvalue weighted by molar-refractivity contribution is -0.229. The van der Waals surface area contributed by atoms with E-state index in [0.717, 1.165) is 0 Å². The molecule has 11 nitrogen and oxygen atoms in total. The summed E-state index contributed by atoms with van der Waals surface area (Å²) in [4.78, 5) is 0. The number of benzene rings is 3. The van der Waals surface area contributed by atoms with E-state index >= 15 is 0 Å². The Morgan fingerprint density at radius 2 is 1.79 bits per heavy atom. The molecule has 5 rings (SSSR count). The van der Waals surface area contributed by atoms with Crippen LogP contribution in [-0.2, 0) is 15.9 Å². The molecule has 1 fully saturated rings. The molecule has 2 aliphatic rings. The molecule has 1 saturated heterocycles. The number of methoxy groups -OCH3 is 1. The summed E-state index contributed by atoms with van der Waals surface area (Å²) in [6.45, 7) is 1.08. The predicted molar refractivity (Wildman–Crippen MR) is 150 cm³/mol. The maximum atomic E-state index is 11.6. The molecule has 0 amide bonds. The number of nitrogens with two attached hydrogens (primary N) is 1. The fourth-order valence-corrected chi connectivity index (χ4v) is 6.33. The zero-order valence-corrected chi connectivity index (χ0v) is 23.5. The molecule has 212 valence electrons. The van der Waals surface area contributed by atoms with Gasteiger partial charge in [0.15, 0.2) is 6.29 Å². The van der Waals surface area contributed by atoms with Gasteiger partial charge in [-0.2, -0.15) is 0 Å². The molecular weight excluding hydrogens is 625 g/mol. The number of halogens is 1. The molecule has 12 heteroatoms. The van der Waals surface area contributed by atoms with Gasteiger partial charge in [-0.1, -0.05) is 34.7 Å². The Kier molecular flexibility index (Phi) is 7.41. The minimum Gasteiger partial charge on any atom is -0.507 e. The van der Waals surface area contributed by atoms with E-state index in [0.29, 0.717) is 6.42 Å². The van der Waals surface area contributed by atoms with Gasteiger partial charge in [0, 0.05) is 41.8 Å². The van der Waals surface area contributed by atoms with Crippen molar-refractivity contribution in [2.45, 2.75) is 66.4 Å². The largest absolute Gasteiger partial charge is 0.507 e. The smallest absolute Gasteiger partial charge is 0.160 e. The highest BCUT2D eigenvalue weighted by Gasteiger charge is 2.48. The molecule has 0 radical (unpaired) electrons. The molecule has 1 aliphatic carbocycles. The molecule has 1 unspecified atom stereocenters. The van der Waals surface area contributed by atoms with Crippen molar-refractivity contribution in [3.05, 3.63) is 29.3 Å². The average molecular weight is 657 g/mol. The quantitative estimate of drug-likeness (QED) is 0.0868. The maximum absolute atomic E-state index is 11.6. The number of aromatic hydroxyl groups is 4. The van der Waals surface area contributed by atoms with Crippen molar-refractivity contribution >= 4 is 44.1 Å². The lowest BCUT2D eigenvalue weighted by Gasteiger charge is -2.43. The third kappa shape index (κ3) is 4.42. The van der Waals surface area contributed by atoms with Crippen molar-refractivity contribution in [3.63, 3.8) is 0 Å². The van der Waals surface area contributed by atoms with Crippen LogP contribution in [0, 0.1) is 0 Å². The van der Waals surface area contributed by atoms with Crippen LogP contribution in [0.2, 0.25) is 0 Å². The number of phenolic OH excluding ortho intramolecular Hbond substituents is 4. The third-order valence-corrected chi connectivity index (χ3v) is 9.88. The molecule has 0 aromatic heterocycles. The maximum Gasteiger partial charge on any atom is 0.160 e. The Morgan fingerprint density at radius 3 is 2.44 bits per heavy atom. The lowest BCUT2D eigenvalue weighted by Crippen LogP contribution is -2.52. The van der Waals surface area contributed by atoms with Crippen LogP contribution in [0.5, 0.6) is 28.7 Å². The number of rotatable bonds is 5. The number of fused-ring (bicyclic) bond motifs is 3. The number of hydrogen-bond donors (Lipinski definition) is 8. The van der Waals surface area contributed by atoms with Gasteiger partial charge in [0.2, 0.25) is 0 Å². The molecule has 9 N–H and O–H groups in total. The SMILES string of the molecule is COc1cccc2c(O)c3c(O)c4c(c(O)c3c(O)c12)[C@@H](O[C@H]1C[C@H](N)[C@H](I)[C@H](C)O1)C[C@](O)(C(O)CO)C4. The predicted octanol–water partition coefficient (Wildman–Crippen LogP) is 2.18. The average Bonchev–Trinajstić information content (AvgIpc) is 2.90. The summed E-state index contributed by atoms with van der Waals surface area (Å²) in [7, 11) is 1.40. The Balaban J connectivity index is 1.76. The fraction of sp³-hybridized carbons (Fsp3) is 0.481. The van der Waals surface area contributed by atoms with Gasteiger partial charge in [-0.15, -0.1) is 0 Å². The summed E-state index contributed by atoms with van der Waals surface area (Å²) in [5.41, 5.74) is 4.36. The zero-order chi connectivity index (χ0) is 28.4. The molecule has 0 bridgehead atoms. The number of aliphatic hydroxyl groups excluding tert-OH is 2. The van der Waals surface area contributed by atoms with E-state index < -0.39 is 53.7 Å². The molecule has 3 aromatic rings. The Hall–Kier alpha value is -2.33. The van der Waals surface area contributed by atoms with Crippen LogP contribution in [0.1, 0.15) is 37.0 Å². The van der Waals surface area contributed by atoms with E-state index in [9.17, 15) is 35.7 Å². The van der Waals surface area contributed by atoms with E-state index in [2.05, 4.69) is 22.6 Å². The van der Waals surface area contributed by atoms with E-state index in [1.165, 1.54) is 13.2 Å². The van der Waals surface area contributed by atoms with E-state index in [4.69, 9.17) is 19.9 Å². The monoisotopic (exact) mass is 657 g/mol. The zero-order valence-electron chi connectivity index (χ0n) is 21.3. The number of aliphatic hydroxyl groups is 3. The Morgan fingerprint density at radius 1 is 1.10 bits per heavy atom. The van der Waals surface area contributed by atoms with Crippen LogP contribution >= 0.6 is 22.6 Å². The first-order valence-corrected chi connectivity index (χ1v) is 13.8. The second-order valence-corrected chi connectivity index (χ2v) is 11.8. The van der Waals surface area contributed by atoms with Crippen molar-refractivity contribution in [2.24, 2.45) is 5.73 Å². The number of alkyl halides is 1. The molecule has 0 spiro atoms. The van der Waals surface area contributed by atoms with Crippen molar-refractivity contribution in [1.82, 2.24) is 0 Å². The Labute approximate surface area is 237 Å². The number of ether oxygens (including phenoxy) is 3. The first-order valence-electron chi connectivity index (χ1n) is 12.6. The summed E-state index contributed by atoms with van der Waals surface area (Å²) in [6, 6.07) is 4.43. The summed E-state index contributed by atoms with van der Waals surface area (Å²) in [5.74, 6) is -1.62. The molecule has 7 atom stereocenters. The fourth-order valence-electron chi connectivity index (χ4n) is 5.86. The van der Waals surface area contributed by atoms with Gasteiger partial charge < -0.3 is 55.7 Å². The normalized spacial score (nSPS) is 29.9. The number of phenols is 4. The van der Waals surface area contributed by atoms with Crippen LogP contribution in [0.4, 0.5) is 0 Å². The second-order valence-electron chi connectivity index (χ2n) is 10.3. The van der Waals surface area contributed by atoms with Gasteiger partial charge in [0.1, 0.15) is 34.9 Å². The van der Waals surface area contributed by atoms with Crippen molar-refractivity contribution in [2.75, 3.05) is 13.7 Å². The molecule has 0 saturated carbocycles. The second kappa shape index (κ2) is 10.3. The van der Waals surface area contributed by atoms with Gasteiger partial charge in [0.05, 0.1) is 51.6 Å². The first kappa shape index (κ1) is 28.2. The molecule has 1 aliphatic heterocycles. The van der Waals surface area contributed by atoms with Gasteiger partial charge in [-0.05, 0) is 13.0 Å². The molecule has 3 aromatic carbocycles. The highest BCUT2D eigenvalue weighted by atomic mass is 127. The van der Waals surface area contributed by atoms with Gasteiger partial charge >= 0.3 is 0 Å². The van der Waals surface area contributed by atoms with Crippen LogP contribution in [0.25, 0.3) is 21.5 Å². The summed E-state index contributed by atoms with van der Waals surface area (Å²) in [5, 5.41) is 77.0. The van der Waals surface area contributed by atoms with Gasteiger partial charge in [-0.25, -0.2) is 0 Å². The highest BCUT2D eigenvalue weighted by Crippen LogP contribution is 2.57. The third-order valence-electron chi connectivity index (χ3n) is 7.94. The Bertz CT molecular complexity index is 1420. The van der Waals surface area contributed by atoms with Crippen molar-refractivity contribution in [3.8, 4) is 28.7 Å². The topological polar surface area (TPSA) is 195 Å². The van der Waals surface area contributed by atoms with Gasteiger partial charge in [-0.3, -0.25) is 0 Å². The highest BCUT2D eigenvalue weighted by molar-refractivity contribution is 14.1. The minimum atomic E-state index is -1.96. The standard InChI is InChI=1S/C27H32INO10/c1-10-22(28)13(29)6-17(38-10)39-15-8-27(36,16(31)9-30)7-12-19(15)26(35)21-20(24(12)33)23(32)11-4-3-5-14(37-2)18(11)25(21)34/h3-5,10,13,15-17,22,30-36H,6-9,29H2,1-2H3/t10-,13-,15-,16?,17-,22+,27-/m0/s1. The van der Waals surface area contributed by atoms with Crippen LogP contribution in [0.15, 0.2) is 18.2 Å². The first-order chi connectivity index (χ1) is 18.4. The van der Waals surface area contributed by atoms with Crippen LogP contribution in [-0.4, -0.2) is 83.5 Å². The molecule has 39 heavy (non-hydrogen) atoms. The molecular formula is C27H32INO10. The summed E-state index contributed by atoms with van der Waals surface area (Å²) in [6.07, 6.45) is -4.22. The van der Waals surface area contributed by atoms with Crippen LogP contribution < -0.4 is 10.5 Å². The van der Waals surface area contributed by atoms with E-state index in [-0.39, 0.29) is 67.3 Å². The van der Waals surface area contributed by atoms with Crippen molar-refractivity contribution < 1.29 is 50.0 Å². The van der Waals surface area contributed by atoms with Gasteiger partial charge in [0.25, 0.3) is 0 Å². The van der Waals surface area contributed by atoms with Crippen molar-refractivity contribution in [1.29, 1.82) is 0 Å². The minimum absolute atomic E-state index is 0.0110.